The normalized spacial score (nSPS) is 12.3. The van der Waals surface area contributed by atoms with Crippen LogP contribution in [0.15, 0.2) is 6.20 Å². The van der Waals surface area contributed by atoms with Gasteiger partial charge in [-0.2, -0.15) is 0 Å². The highest BCUT2D eigenvalue weighted by Crippen LogP contribution is 2.19. The van der Waals surface area contributed by atoms with Crippen LogP contribution in [-0.4, -0.2) is 18.7 Å². The van der Waals surface area contributed by atoms with Crippen LogP contribution < -0.4 is 0 Å². The van der Waals surface area contributed by atoms with Crippen LogP contribution in [0.5, 0.6) is 0 Å². The average molecular weight is 298 g/mol. The van der Waals surface area contributed by atoms with E-state index in [1.165, 1.54) is 11.3 Å². The molecule has 0 aliphatic rings. The van der Waals surface area contributed by atoms with Gasteiger partial charge in [0.15, 0.2) is 9.84 Å². The van der Waals surface area contributed by atoms with Gasteiger partial charge >= 0.3 is 0 Å². The minimum absolute atomic E-state index is 0.0579. The van der Waals surface area contributed by atoms with Crippen molar-refractivity contribution in [3.05, 3.63) is 16.1 Å². The van der Waals surface area contributed by atoms with E-state index in [0.29, 0.717) is 5.01 Å². The molecule has 0 spiro atoms. The molecular formula is C8H12BrNO2S2. The molecule has 0 atom stereocenters. The fourth-order valence-corrected chi connectivity index (χ4v) is 3.35. The Labute approximate surface area is 96.6 Å². The van der Waals surface area contributed by atoms with Crippen molar-refractivity contribution in [3.63, 3.8) is 0 Å². The Kier molecular flexibility index (Phi) is 4.09. The zero-order valence-corrected chi connectivity index (χ0v) is 11.2. The third-order valence-corrected chi connectivity index (χ3v) is 6.04. The van der Waals surface area contributed by atoms with Crippen molar-refractivity contribution in [3.8, 4) is 0 Å². The highest BCUT2D eigenvalue weighted by Gasteiger charge is 2.18. The van der Waals surface area contributed by atoms with E-state index in [9.17, 15) is 8.42 Å². The summed E-state index contributed by atoms with van der Waals surface area (Å²) >= 11 is 4.74. The number of halogens is 1. The van der Waals surface area contributed by atoms with Gasteiger partial charge in [-0.1, -0.05) is 15.9 Å². The first kappa shape index (κ1) is 12.1. The van der Waals surface area contributed by atoms with E-state index < -0.39 is 9.84 Å². The molecule has 1 heterocycles. The topological polar surface area (TPSA) is 47.0 Å². The molecule has 1 rings (SSSR count). The van der Waals surface area contributed by atoms with Crippen molar-refractivity contribution < 1.29 is 8.42 Å². The van der Waals surface area contributed by atoms with Crippen molar-refractivity contribution in [1.29, 1.82) is 0 Å². The van der Waals surface area contributed by atoms with Crippen LogP contribution >= 0.6 is 27.3 Å². The quantitative estimate of drug-likeness (QED) is 0.802. The van der Waals surface area contributed by atoms with E-state index in [-0.39, 0.29) is 11.0 Å². The largest absolute Gasteiger partial charge is 0.248 e. The van der Waals surface area contributed by atoms with Gasteiger partial charge < -0.3 is 0 Å². The van der Waals surface area contributed by atoms with Gasteiger partial charge in [-0.05, 0) is 13.8 Å². The standard InChI is InChI=1S/C8H12BrNO2S2/c1-6(2)14(11,12)5-8-10-4-7(3-9)13-8/h4,6H,3,5H2,1-2H3. The van der Waals surface area contributed by atoms with E-state index in [1.807, 2.05) is 0 Å². The molecule has 80 valence electrons. The Morgan fingerprint density at radius 3 is 2.64 bits per heavy atom. The molecule has 6 heteroatoms. The van der Waals surface area contributed by atoms with Gasteiger partial charge in [0.1, 0.15) is 10.8 Å². The van der Waals surface area contributed by atoms with Crippen molar-refractivity contribution in [2.45, 2.75) is 30.2 Å². The van der Waals surface area contributed by atoms with Crippen molar-refractivity contribution in [2.75, 3.05) is 0 Å². The lowest BCUT2D eigenvalue weighted by Crippen LogP contribution is -2.15. The fourth-order valence-electron chi connectivity index (χ4n) is 0.815. The third kappa shape index (κ3) is 3.03. The average Bonchev–Trinajstić information content (AvgIpc) is 2.51. The Hall–Kier alpha value is 0.0600. The molecule has 0 N–H and O–H groups in total. The fraction of sp³-hybridized carbons (Fsp3) is 0.625. The second-order valence-electron chi connectivity index (χ2n) is 3.21. The van der Waals surface area contributed by atoms with E-state index in [1.54, 1.807) is 20.0 Å². The monoisotopic (exact) mass is 297 g/mol. The maximum absolute atomic E-state index is 11.6. The molecule has 1 aromatic rings. The van der Waals surface area contributed by atoms with Gasteiger partial charge in [-0.3, -0.25) is 0 Å². The number of alkyl halides is 1. The number of thiazole rings is 1. The maximum atomic E-state index is 11.6. The molecule has 0 amide bonds. The van der Waals surface area contributed by atoms with Crippen LogP contribution in [0.4, 0.5) is 0 Å². The summed E-state index contributed by atoms with van der Waals surface area (Å²) in [5, 5.41) is 1.07. The number of sulfone groups is 1. The first-order valence-corrected chi connectivity index (χ1v) is 7.82. The molecular weight excluding hydrogens is 286 g/mol. The minimum atomic E-state index is -3.01. The van der Waals surface area contributed by atoms with E-state index in [4.69, 9.17) is 0 Å². The predicted molar refractivity (Wildman–Crippen MR) is 62.5 cm³/mol. The van der Waals surface area contributed by atoms with Gasteiger partial charge in [0.05, 0.1) is 5.25 Å². The zero-order chi connectivity index (χ0) is 10.8. The molecule has 0 aliphatic carbocycles. The molecule has 0 bridgehead atoms. The second-order valence-corrected chi connectivity index (χ2v) is 7.53. The Bertz CT molecular complexity index is 397. The third-order valence-electron chi connectivity index (χ3n) is 1.78. The van der Waals surface area contributed by atoms with Crippen molar-refractivity contribution >= 4 is 37.1 Å². The lowest BCUT2D eigenvalue weighted by atomic mass is 10.6. The van der Waals surface area contributed by atoms with Gasteiger partial charge in [0.2, 0.25) is 0 Å². The van der Waals surface area contributed by atoms with Crippen LogP contribution in [0.25, 0.3) is 0 Å². The molecule has 0 saturated heterocycles. The van der Waals surface area contributed by atoms with Crippen LogP contribution in [-0.2, 0) is 20.9 Å². The summed E-state index contributed by atoms with van der Waals surface area (Å²) < 4.78 is 23.1. The first-order chi connectivity index (χ1) is 6.45. The Balaban J connectivity index is 2.79. The van der Waals surface area contributed by atoms with Crippen molar-refractivity contribution in [2.24, 2.45) is 0 Å². The molecule has 0 fully saturated rings. The van der Waals surface area contributed by atoms with Gasteiger partial charge in [0, 0.05) is 16.4 Å². The number of hydrogen-bond acceptors (Lipinski definition) is 4. The highest BCUT2D eigenvalue weighted by molar-refractivity contribution is 9.08. The second kappa shape index (κ2) is 4.72. The summed E-state index contributed by atoms with van der Waals surface area (Å²) in [5.41, 5.74) is 0. The Morgan fingerprint density at radius 2 is 2.21 bits per heavy atom. The van der Waals surface area contributed by atoms with Crippen molar-refractivity contribution in [1.82, 2.24) is 4.98 Å². The molecule has 1 aromatic heterocycles. The Morgan fingerprint density at radius 1 is 1.57 bits per heavy atom. The van der Waals surface area contributed by atoms with Crippen LogP contribution in [0, 0.1) is 0 Å². The number of rotatable bonds is 4. The van der Waals surface area contributed by atoms with Gasteiger partial charge in [-0.25, -0.2) is 13.4 Å². The summed E-state index contributed by atoms with van der Waals surface area (Å²) in [6, 6.07) is 0. The number of hydrogen-bond donors (Lipinski definition) is 0. The molecule has 14 heavy (non-hydrogen) atoms. The van der Waals surface area contributed by atoms with E-state index in [0.717, 1.165) is 10.2 Å². The summed E-state index contributed by atoms with van der Waals surface area (Å²) in [6.45, 7) is 3.38. The summed E-state index contributed by atoms with van der Waals surface area (Å²) in [5.74, 6) is 0.0579. The van der Waals surface area contributed by atoms with Crippen LogP contribution in [0.3, 0.4) is 0 Å². The predicted octanol–water partition coefficient (Wildman–Crippen LogP) is 2.36. The molecule has 0 unspecified atom stereocenters. The molecule has 0 aromatic carbocycles. The minimum Gasteiger partial charge on any atom is -0.248 e. The van der Waals surface area contributed by atoms with E-state index in [2.05, 4.69) is 20.9 Å². The summed E-state index contributed by atoms with van der Waals surface area (Å²) in [6.07, 6.45) is 1.71. The highest BCUT2D eigenvalue weighted by atomic mass is 79.9. The SMILES string of the molecule is CC(C)S(=O)(=O)Cc1ncc(CBr)s1. The lowest BCUT2D eigenvalue weighted by molar-refractivity contribution is 0.586. The zero-order valence-electron chi connectivity index (χ0n) is 8.03. The van der Waals surface area contributed by atoms with Gasteiger partial charge in [-0.15, -0.1) is 11.3 Å². The maximum Gasteiger partial charge on any atom is 0.159 e. The molecule has 0 saturated carbocycles. The van der Waals surface area contributed by atoms with Crippen LogP contribution in [0.1, 0.15) is 23.7 Å². The summed E-state index contributed by atoms with van der Waals surface area (Å²) in [7, 11) is -3.01. The number of aromatic nitrogens is 1. The van der Waals surface area contributed by atoms with Crippen LogP contribution in [0.2, 0.25) is 0 Å². The van der Waals surface area contributed by atoms with E-state index >= 15 is 0 Å². The molecule has 0 radical (unpaired) electrons. The molecule has 0 aliphatic heterocycles. The smallest absolute Gasteiger partial charge is 0.159 e. The first-order valence-electron chi connectivity index (χ1n) is 4.17. The summed E-state index contributed by atoms with van der Waals surface area (Å²) in [4.78, 5) is 5.12. The number of nitrogens with zero attached hydrogens (tertiary/aromatic N) is 1. The molecule has 3 nitrogen and oxygen atoms in total. The van der Waals surface area contributed by atoms with Gasteiger partial charge in [0.25, 0.3) is 0 Å². The lowest BCUT2D eigenvalue weighted by Gasteiger charge is -2.04.